The van der Waals surface area contributed by atoms with Gasteiger partial charge in [0.1, 0.15) is 0 Å². The van der Waals surface area contributed by atoms with Crippen LogP contribution in [0.4, 0.5) is 0 Å². The second-order valence-corrected chi connectivity index (χ2v) is 6.26. The van der Waals surface area contributed by atoms with E-state index < -0.39 is 5.54 Å². The number of benzene rings is 1. The molecule has 1 aromatic carbocycles. The number of hydrogen-bond acceptors (Lipinski definition) is 2. The van der Waals surface area contributed by atoms with E-state index in [9.17, 15) is 4.79 Å². The molecule has 0 aromatic heterocycles. The third-order valence-corrected chi connectivity index (χ3v) is 4.62. The first-order valence-corrected chi connectivity index (χ1v) is 7.22. The zero-order valence-corrected chi connectivity index (χ0v) is 12.9. The number of nitrogens with one attached hydrogen (secondary N) is 1. The minimum absolute atomic E-state index is 0. The first kappa shape index (κ1) is 15.3. The van der Waals surface area contributed by atoms with E-state index in [1.54, 1.807) is 0 Å². The van der Waals surface area contributed by atoms with Crippen LogP contribution in [-0.4, -0.2) is 17.5 Å². The van der Waals surface area contributed by atoms with Gasteiger partial charge < -0.3 is 11.1 Å². The predicted molar refractivity (Wildman–Crippen MR) is 83.1 cm³/mol. The summed E-state index contributed by atoms with van der Waals surface area (Å²) in [6, 6.07) is 8.88. The number of amides is 1. The molecule has 0 spiro atoms. The number of carbonyl (C=O) groups is 1. The SMILES string of the molecule is CCCC(C)(N)C(=O)NC1C2Cc3ccccc3C21.Cl. The van der Waals surface area contributed by atoms with E-state index in [1.165, 1.54) is 11.1 Å². The minimum atomic E-state index is -0.731. The van der Waals surface area contributed by atoms with Gasteiger partial charge in [-0.15, -0.1) is 12.4 Å². The van der Waals surface area contributed by atoms with E-state index in [1.807, 2.05) is 6.92 Å². The van der Waals surface area contributed by atoms with Crippen molar-refractivity contribution < 1.29 is 4.79 Å². The minimum Gasteiger partial charge on any atom is -0.351 e. The summed E-state index contributed by atoms with van der Waals surface area (Å²) < 4.78 is 0. The average molecular weight is 295 g/mol. The Morgan fingerprint density at radius 3 is 2.85 bits per heavy atom. The summed E-state index contributed by atoms with van der Waals surface area (Å²) in [5.74, 6) is 1.13. The predicted octanol–water partition coefficient (Wildman–Crippen LogP) is 2.38. The molecular weight excluding hydrogens is 272 g/mol. The van der Waals surface area contributed by atoms with Crippen molar-refractivity contribution in [1.82, 2.24) is 5.32 Å². The van der Waals surface area contributed by atoms with Gasteiger partial charge >= 0.3 is 0 Å². The van der Waals surface area contributed by atoms with Crippen molar-refractivity contribution in [2.45, 2.75) is 50.6 Å². The Balaban J connectivity index is 0.00000147. The van der Waals surface area contributed by atoms with Crippen molar-refractivity contribution in [3.8, 4) is 0 Å². The van der Waals surface area contributed by atoms with Gasteiger partial charge in [0.15, 0.2) is 0 Å². The number of hydrogen-bond donors (Lipinski definition) is 2. The summed E-state index contributed by atoms with van der Waals surface area (Å²) in [5, 5.41) is 3.16. The van der Waals surface area contributed by atoms with Gasteiger partial charge in [-0.05, 0) is 36.8 Å². The zero-order valence-electron chi connectivity index (χ0n) is 12.1. The molecule has 20 heavy (non-hydrogen) atoms. The second kappa shape index (κ2) is 5.38. The molecular formula is C16H23ClN2O. The fourth-order valence-electron chi connectivity index (χ4n) is 3.50. The monoisotopic (exact) mass is 294 g/mol. The molecule has 3 rings (SSSR count). The van der Waals surface area contributed by atoms with Crippen molar-refractivity contribution in [3.05, 3.63) is 35.4 Å². The van der Waals surface area contributed by atoms with E-state index in [2.05, 4.69) is 36.5 Å². The van der Waals surface area contributed by atoms with Crippen molar-refractivity contribution >= 4 is 18.3 Å². The largest absolute Gasteiger partial charge is 0.351 e. The maximum Gasteiger partial charge on any atom is 0.240 e. The molecule has 4 unspecified atom stereocenters. The van der Waals surface area contributed by atoms with Gasteiger partial charge in [0.2, 0.25) is 5.91 Å². The molecule has 1 saturated carbocycles. The van der Waals surface area contributed by atoms with Crippen LogP contribution >= 0.6 is 12.4 Å². The van der Waals surface area contributed by atoms with Crippen molar-refractivity contribution in [2.75, 3.05) is 0 Å². The van der Waals surface area contributed by atoms with Gasteiger partial charge in [-0.3, -0.25) is 4.79 Å². The number of rotatable bonds is 4. The van der Waals surface area contributed by atoms with E-state index in [-0.39, 0.29) is 18.3 Å². The molecule has 0 heterocycles. The number of carbonyl (C=O) groups excluding carboxylic acids is 1. The van der Waals surface area contributed by atoms with Gasteiger partial charge in [-0.1, -0.05) is 37.6 Å². The zero-order chi connectivity index (χ0) is 13.6. The highest BCUT2D eigenvalue weighted by Crippen LogP contribution is 2.56. The molecule has 2 aliphatic rings. The van der Waals surface area contributed by atoms with Crippen LogP contribution in [0, 0.1) is 5.92 Å². The first-order chi connectivity index (χ1) is 9.04. The Kier molecular flexibility index (Phi) is 4.12. The van der Waals surface area contributed by atoms with E-state index in [4.69, 9.17) is 5.73 Å². The Hall–Kier alpha value is -1.06. The number of nitrogens with two attached hydrogens (primary N) is 1. The maximum absolute atomic E-state index is 12.2. The fraction of sp³-hybridized carbons (Fsp3) is 0.562. The number of fused-ring (bicyclic) bond motifs is 3. The Morgan fingerprint density at radius 2 is 2.15 bits per heavy atom. The van der Waals surface area contributed by atoms with Crippen LogP contribution in [-0.2, 0) is 11.2 Å². The average Bonchev–Trinajstić information content (AvgIpc) is 2.88. The summed E-state index contributed by atoms with van der Waals surface area (Å²) in [6.45, 7) is 3.89. The summed E-state index contributed by atoms with van der Waals surface area (Å²) in [7, 11) is 0. The summed E-state index contributed by atoms with van der Waals surface area (Å²) in [6.07, 6.45) is 2.76. The lowest BCUT2D eigenvalue weighted by Crippen LogP contribution is -2.52. The van der Waals surface area contributed by atoms with Gasteiger partial charge in [0.25, 0.3) is 0 Å². The molecule has 1 fully saturated rings. The van der Waals surface area contributed by atoms with Crippen LogP contribution in [0.25, 0.3) is 0 Å². The van der Waals surface area contributed by atoms with Gasteiger partial charge in [0.05, 0.1) is 5.54 Å². The van der Waals surface area contributed by atoms with E-state index in [0.29, 0.717) is 17.9 Å². The Morgan fingerprint density at radius 1 is 1.45 bits per heavy atom. The smallest absolute Gasteiger partial charge is 0.240 e. The molecule has 2 aliphatic carbocycles. The molecule has 0 aliphatic heterocycles. The lowest BCUT2D eigenvalue weighted by atomic mass is 9.96. The lowest BCUT2D eigenvalue weighted by Gasteiger charge is -2.23. The van der Waals surface area contributed by atoms with Gasteiger partial charge in [0, 0.05) is 12.0 Å². The van der Waals surface area contributed by atoms with E-state index in [0.717, 1.165) is 19.3 Å². The van der Waals surface area contributed by atoms with Crippen LogP contribution in [0.1, 0.15) is 43.7 Å². The third-order valence-electron chi connectivity index (χ3n) is 4.62. The topological polar surface area (TPSA) is 55.1 Å². The summed E-state index contributed by atoms with van der Waals surface area (Å²) >= 11 is 0. The highest BCUT2D eigenvalue weighted by Gasteiger charge is 2.56. The molecule has 110 valence electrons. The highest BCUT2D eigenvalue weighted by atomic mass is 35.5. The molecule has 0 bridgehead atoms. The molecule has 4 heteroatoms. The molecule has 0 saturated heterocycles. The van der Waals surface area contributed by atoms with Crippen molar-refractivity contribution in [2.24, 2.45) is 11.7 Å². The van der Waals surface area contributed by atoms with Crippen LogP contribution in [0.2, 0.25) is 0 Å². The van der Waals surface area contributed by atoms with Gasteiger partial charge in [-0.25, -0.2) is 0 Å². The second-order valence-electron chi connectivity index (χ2n) is 6.26. The molecule has 1 amide bonds. The summed E-state index contributed by atoms with van der Waals surface area (Å²) in [4.78, 5) is 12.2. The molecule has 1 aromatic rings. The lowest BCUT2D eigenvalue weighted by molar-refractivity contribution is -0.126. The van der Waals surface area contributed by atoms with Crippen molar-refractivity contribution in [1.29, 1.82) is 0 Å². The normalized spacial score (nSPS) is 28.6. The standard InChI is InChI=1S/C16H22N2O.ClH/c1-3-8-16(2,17)15(19)18-14-12-9-10-6-4-5-7-11(10)13(12)14;/h4-7,12-14H,3,8-9,17H2,1-2H3,(H,18,19);1H. The molecule has 4 atom stereocenters. The molecule has 0 radical (unpaired) electrons. The number of halogens is 1. The van der Waals surface area contributed by atoms with E-state index >= 15 is 0 Å². The van der Waals surface area contributed by atoms with Crippen LogP contribution in [0.15, 0.2) is 24.3 Å². The molecule has 3 N–H and O–H groups in total. The first-order valence-electron chi connectivity index (χ1n) is 7.22. The summed E-state index contributed by atoms with van der Waals surface area (Å²) in [5.41, 5.74) is 8.22. The molecule has 3 nitrogen and oxygen atoms in total. The highest BCUT2D eigenvalue weighted by molar-refractivity contribution is 5.86. The van der Waals surface area contributed by atoms with Gasteiger partial charge in [-0.2, -0.15) is 0 Å². The third kappa shape index (κ3) is 2.45. The fourth-order valence-corrected chi connectivity index (χ4v) is 3.50. The quantitative estimate of drug-likeness (QED) is 0.896. The van der Waals surface area contributed by atoms with Crippen molar-refractivity contribution in [3.63, 3.8) is 0 Å². The van der Waals surface area contributed by atoms with Crippen LogP contribution in [0.5, 0.6) is 0 Å². The Bertz CT molecular complexity index is 515. The Labute approximate surface area is 126 Å². The van der Waals surface area contributed by atoms with Crippen LogP contribution < -0.4 is 11.1 Å². The maximum atomic E-state index is 12.2. The van der Waals surface area contributed by atoms with Crippen LogP contribution in [0.3, 0.4) is 0 Å².